The molecule has 0 radical (unpaired) electrons. The first-order valence-electron chi connectivity index (χ1n) is 9.15. The first-order valence-corrected chi connectivity index (χ1v) is 9.15. The van der Waals surface area contributed by atoms with Crippen LogP contribution in [0.15, 0.2) is 35.9 Å². The Kier molecular flexibility index (Phi) is 3.88. The second-order valence-electron chi connectivity index (χ2n) is 7.61. The van der Waals surface area contributed by atoms with Crippen LogP contribution in [0.1, 0.15) is 66.7 Å². The zero-order valence-corrected chi connectivity index (χ0v) is 15.0. The molecule has 0 amide bonds. The van der Waals surface area contributed by atoms with Crippen LogP contribution in [0.25, 0.3) is 0 Å². The molecular formula is C21H22O5. The molecule has 4 rings (SSSR count). The van der Waals surface area contributed by atoms with Crippen molar-refractivity contribution in [1.29, 1.82) is 0 Å². The first-order chi connectivity index (χ1) is 12.4. The number of hydrogen-bond acceptors (Lipinski definition) is 5. The van der Waals surface area contributed by atoms with Gasteiger partial charge in [0.25, 0.3) is 5.60 Å². The highest BCUT2D eigenvalue weighted by Crippen LogP contribution is 2.58. The Hall–Kier alpha value is -2.27. The lowest BCUT2D eigenvalue weighted by atomic mass is 9.72. The highest BCUT2D eigenvalue weighted by atomic mass is 16.7. The Morgan fingerprint density at radius 2 is 1.77 bits per heavy atom. The molecule has 1 saturated heterocycles. The van der Waals surface area contributed by atoms with E-state index in [0.717, 1.165) is 31.3 Å². The maximum absolute atomic E-state index is 13.2. The van der Waals surface area contributed by atoms with E-state index < -0.39 is 23.0 Å². The van der Waals surface area contributed by atoms with Crippen LogP contribution in [0.2, 0.25) is 0 Å². The van der Waals surface area contributed by atoms with Gasteiger partial charge in [-0.15, -0.1) is 0 Å². The number of ether oxygens (including phenoxy) is 2. The Morgan fingerprint density at radius 3 is 2.38 bits per heavy atom. The van der Waals surface area contributed by atoms with E-state index in [4.69, 9.17) is 9.47 Å². The predicted octanol–water partition coefficient (Wildman–Crippen LogP) is 3.42. The van der Waals surface area contributed by atoms with Gasteiger partial charge in [0.2, 0.25) is 5.78 Å². The minimum Gasteiger partial charge on any atom is -0.460 e. The van der Waals surface area contributed by atoms with Gasteiger partial charge in [-0.05, 0) is 39.5 Å². The minimum atomic E-state index is -1.83. The fourth-order valence-electron chi connectivity index (χ4n) is 4.12. The maximum atomic E-state index is 13.2. The summed E-state index contributed by atoms with van der Waals surface area (Å²) < 4.78 is 11.4. The lowest BCUT2D eigenvalue weighted by Gasteiger charge is -2.24. The third-order valence-electron chi connectivity index (χ3n) is 5.62. The largest absolute Gasteiger partial charge is 0.460 e. The van der Waals surface area contributed by atoms with Crippen molar-refractivity contribution in [2.75, 3.05) is 0 Å². The van der Waals surface area contributed by atoms with Crippen molar-refractivity contribution in [2.24, 2.45) is 0 Å². The SMILES string of the molecule is CC(C)=CC[C@@]12O[C@]1(C(=O)OC1CCCC1)C(=O)c1ccccc1C2=O. The van der Waals surface area contributed by atoms with E-state index in [0.29, 0.717) is 5.56 Å². The molecule has 0 N–H and O–H groups in total. The van der Waals surface area contributed by atoms with Gasteiger partial charge in [0.1, 0.15) is 6.10 Å². The van der Waals surface area contributed by atoms with Gasteiger partial charge in [-0.25, -0.2) is 4.79 Å². The van der Waals surface area contributed by atoms with E-state index >= 15 is 0 Å². The van der Waals surface area contributed by atoms with Crippen molar-refractivity contribution in [1.82, 2.24) is 0 Å². The van der Waals surface area contributed by atoms with Crippen LogP contribution in [0.3, 0.4) is 0 Å². The lowest BCUT2D eigenvalue weighted by molar-refractivity contribution is -0.153. The Bertz CT molecular complexity index is 829. The number of allylic oxidation sites excluding steroid dienone is 1. The van der Waals surface area contributed by atoms with Crippen molar-refractivity contribution in [2.45, 2.75) is 63.3 Å². The second-order valence-corrected chi connectivity index (χ2v) is 7.61. The molecule has 0 unspecified atom stereocenters. The summed E-state index contributed by atoms with van der Waals surface area (Å²) in [5.41, 5.74) is -1.74. The van der Waals surface area contributed by atoms with Crippen molar-refractivity contribution in [3.63, 3.8) is 0 Å². The van der Waals surface area contributed by atoms with Gasteiger partial charge in [0.15, 0.2) is 11.4 Å². The summed E-state index contributed by atoms with van der Waals surface area (Å²) >= 11 is 0. The van der Waals surface area contributed by atoms with Crippen molar-refractivity contribution >= 4 is 17.5 Å². The molecule has 1 aromatic rings. The molecule has 26 heavy (non-hydrogen) atoms. The standard InChI is InChI=1S/C21H22O5/c1-13(2)11-12-20-17(22)15-9-5-6-10-16(15)18(23)21(20,26-20)19(24)25-14-7-3-4-8-14/h5-6,9-11,14H,3-4,7-8,12H2,1-2H3/t20-,21-/m0/s1. The molecule has 1 aromatic carbocycles. The molecule has 2 fully saturated rings. The molecule has 1 aliphatic heterocycles. The number of carbonyl (C=O) groups is 3. The normalized spacial score (nSPS) is 29.8. The van der Waals surface area contributed by atoms with Crippen LogP contribution in [-0.2, 0) is 14.3 Å². The highest BCUT2D eigenvalue weighted by Gasteiger charge is 2.85. The lowest BCUT2D eigenvalue weighted by Crippen LogP contribution is -2.51. The molecule has 5 heteroatoms. The average molecular weight is 354 g/mol. The van der Waals surface area contributed by atoms with Crippen molar-refractivity contribution < 1.29 is 23.9 Å². The van der Waals surface area contributed by atoms with Crippen LogP contribution in [0.5, 0.6) is 0 Å². The number of Topliss-reactive ketones (excluding diaryl/α,β-unsaturated/α-hetero) is 2. The van der Waals surface area contributed by atoms with Crippen LogP contribution in [-0.4, -0.2) is 34.8 Å². The summed E-state index contributed by atoms with van der Waals surface area (Å²) in [5, 5.41) is 0. The highest BCUT2D eigenvalue weighted by molar-refractivity contribution is 6.32. The first kappa shape index (κ1) is 17.2. The van der Waals surface area contributed by atoms with Crippen LogP contribution in [0, 0.1) is 0 Å². The second kappa shape index (κ2) is 5.88. The van der Waals surface area contributed by atoms with Crippen LogP contribution in [0.4, 0.5) is 0 Å². The predicted molar refractivity (Wildman–Crippen MR) is 94.0 cm³/mol. The number of epoxide rings is 1. The number of carbonyl (C=O) groups excluding carboxylic acids is 3. The van der Waals surface area contributed by atoms with E-state index in [1.165, 1.54) is 0 Å². The van der Waals surface area contributed by atoms with E-state index in [2.05, 4.69) is 0 Å². The zero-order valence-electron chi connectivity index (χ0n) is 15.0. The smallest absolute Gasteiger partial charge is 0.350 e. The Morgan fingerprint density at radius 1 is 1.15 bits per heavy atom. The Labute approximate surface area is 152 Å². The van der Waals surface area contributed by atoms with E-state index in [-0.39, 0.29) is 23.9 Å². The fraction of sp³-hybridized carbons (Fsp3) is 0.476. The summed E-state index contributed by atoms with van der Waals surface area (Å²) in [6, 6.07) is 6.59. The summed E-state index contributed by atoms with van der Waals surface area (Å²) in [4.78, 5) is 39.4. The van der Waals surface area contributed by atoms with Crippen LogP contribution < -0.4 is 0 Å². The molecular weight excluding hydrogens is 332 g/mol. The van der Waals surface area contributed by atoms with E-state index in [1.807, 2.05) is 19.9 Å². The molecule has 1 saturated carbocycles. The number of benzene rings is 1. The number of ketones is 2. The minimum absolute atomic E-state index is 0.188. The molecule has 136 valence electrons. The molecule has 0 bridgehead atoms. The molecule has 0 aromatic heterocycles. The monoisotopic (exact) mass is 354 g/mol. The summed E-state index contributed by atoms with van der Waals surface area (Å²) in [7, 11) is 0. The van der Waals surface area contributed by atoms with Crippen LogP contribution >= 0.6 is 0 Å². The molecule has 2 aliphatic carbocycles. The van der Waals surface area contributed by atoms with Gasteiger partial charge in [-0.1, -0.05) is 35.9 Å². The Balaban J connectivity index is 1.76. The molecule has 1 heterocycles. The number of esters is 1. The molecule has 5 nitrogen and oxygen atoms in total. The molecule has 0 spiro atoms. The topological polar surface area (TPSA) is 73.0 Å². The summed E-state index contributed by atoms with van der Waals surface area (Å²) in [5.74, 6) is -1.48. The van der Waals surface area contributed by atoms with Crippen molar-refractivity contribution in [3.05, 3.63) is 47.0 Å². The fourth-order valence-corrected chi connectivity index (χ4v) is 4.12. The van der Waals surface area contributed by atoms with Gasteiger partial charge in [-0.3, -0.25) is 9.59 Å². The van der Waals surface area contributed by atoms with Gasteiger partial charge in [0, 0.05) is 17.5 Å². The summed E-state index contributed by atoms with van der Waals surface area (Å²) in [6.07, 6.45) is 5.43. The molecule has 2 atom stereocenters. The quantitative estimate of drug-likeness (QED) is 0.358. The van der Waals surface area contributed by atoms with Gasteiger partial charge in [0.05, 0.1) is 0 Å². The van der Waals surface area contributed by atoms with Gasteiger partial charge in [-0.2, -0.15) is 0 Å². The number of rotatable bonds is 4. The molecule has 3 aliphatic rings. The summed E-state index contributed by atoms with van der Waals surface area (Å²) in [6.45, 7) is 3.81. The van der Waals surface area contributed by atoms with E-state index in [9.17, 15) is 14.4 Å². The van der Waals surface area contributed by atoms with Crippen molar-refractivity contribution in [3.8, 4) is 0 Å². The number of fused-ring (bicyclic) bond motifs is 2. The van der Waals surface area contributed by atoms with Gasteiger partial charge < -0.3 is 9.47 Å². The van der Waals surface area contributed by atoms with Gasteiger partial charge >= 0.3 is 5.97 Å². The third-order valence-corrected chi connectivity index (χ3v) is 5.62. The average Bonchev–Trinajstić information content (AvgIpc) is 3.09. The maximum Gasteiger partial charge on any atom is 0.350 e. The number of hydrogen-bond donors (Lipinski definition) is 0. The zero-order chi connectivity index (χ0) is 18.5. The third kappa shape index (κ3) is 2.23. The van der Waals surface area contributed by atoms with E-state index in [1.54, 1.807) is 24.3 Å².